The SMILES string of the molecule is O=C(O)N1CCC(Sc2ccc(Br)c3ccccc23)CC1. The number of hydrogen-bond acceptors (Lipinski definition) is 2. The van der Waals surface area contributed by atoms with Crippen LogP contribution in [-0.2, 0) is 0 Å². The lowest BCUT2D eigenvalue weighted by atomic mass is 10.1. The Morgan fingerprint density at radius 1 is 1.14 bits per heavy atom. The molecule has 0 unspecified atom stereocenters. The molecule has 0 aliphatic carbocycles. The fourth-order valence-electron chi connectivity index (χ4n) is 2.68. The highest BCUT2D eigenvalue weighted by atomic mass is 79.9. The molecule has 1 aliphatic rings. The molecule has 21 heavy (non-hydrogen) atoms. The van der Waals surface area contributed by atoms with Crippen molar-refractivity contribution in [3.8, 4) is 0 Å². The second-order valence-corrected chi connectivity index (χ2v) is 7.37. The molecule has 1 heterocycles. The molecule has 0 radical (unpaired) electrons. The highest BCUT2D eigenvalue weighted by Crippen LogP contribution is 2.37. The van der Waals surface area contributed by atoms with E-state index in [9.17, 15) is 4.79 Å². The van der Waals surface area contributed by atoms with Crippen LogP contribution in [-0.4, -0.2) is 34.4 Å². The lowest BCUT2D eigenvalue weighted by molar-refractivity contribution is 0.136. The lowest BCUT2D eigenvalue weighted by Gasteiger charge is -2.29. The Kier molecular flexibility index (Phi) is 4.40. The number of benzene rings is 2. The third-order valence-electron chi connectivity index (χ3n) is 3.84. The van der Waals surface area contributed by atoms with Crippen molar-refractivity contribution in [3.63, 3.8) is 0 Å². The second-order valence-electron chi connectivity index (χ2n) is 5.18. The summed E-state index contributed by atoms with van der Waals surface area (Å²) in [6.07, 6.45) is 1.04. The van der Waals surface area contributed by atoms with Crippen molar-refractivity contribution < 1.29 is 9.90 Å². The van der Waals surface area contributed by atoms with Crippen LogP contribution < -0.4 is 0 Å². The molecule has 3 nitrogen and oxygen atoms in total. The van der Waals surface area contributed by atoms with E-state index in [1.54, 1.807) is 0 Å². The first kappa shape index (κ1) is 14.7. The van der Waals surface area contributed by atoms with E-state index in [0.717, 1.165) is 17.3 Å². The topological polar surface area (TPSA) is 40.5 Å². The number of amides is 1. The lowest BCUT2D eigenvalue weighted by Crippen LogP contribution is -2.38. The molecule has 1 N–H and O–H groups in total. The van der Waals surface area contributed by atoms with Gasteiger partial charge in [0.05, 0.1) is 0 Å². The average molecular weight is 366 g/mol. The van der Waals surface area contributed by atoms with Gasteiger partial charge in [0, 0.05) is 27.7 Å². The van der Waals surface area contributed by atoms with E-state index in [2.05, 4.69) is 46.3 Å². The van der Waals surface area contributed by atoms with E-state index in [1.807, 2.05) is 17.8 Å². The van der Waals surface area contributed by atoms with Crippen LogP contribution in [0.15, 0.2) is 45.8 Å². The number of rotatable bonds is 2. The highest BCUT2D eigenvalue weighted by molar-refractivity contribution is 9.10. The molecule has 0 bridgehead atoms. The summed E-state index contributed by atoms with van der Waals surface area (Å²) in [5.41, 5.74) is 0. The number of fused-ring (bicyclic) bond motifs is 1. The molecule has 1 aliphatic heterocycles. The largest absolute Gasteiger partial charge is 0.465 e. The van der Waals surface area contributed by atoms with Gasteiger partial charge in [-0.15, -0.1) is 11.8 Å². The van der Waals surface area contributed by atoms with Gasteiger partial charge in [0.15, 0.2) is 0 Å². The summed E-state index contributed by atoms with van der Waals surface area (Å²) >= 11 is 5.47. The fraction of sp³-hybridized carbons (Fsp3) is 0.312. The van der Waals surface area contributed by atoms with Gasteiger partial charge >= 0.3 is 6.09 Å². The van der Waals surface area contributed by atoms with Crippen LogP contribution in [0, 0.1) is 0 Å². The van der Waals surface area contributed by atoms with Gasteiger partial charge in [-0.1, -0.05) is 40.2 Å². The smallest absolute Gasteiger partial charge is 0.407 e. The van der Waals surface area contributed by atoms with Crippen molar-refractivity contribution in [2.24, 2.45) is 0 Å². The maximum absolute atomic E-state index is 10.9. The Morgan fingerprint density at radius 2 is 1.81 bits per heavy atom. The summed E-state index contributed by atoms with van der Waals surface area (Å²) in [5, 5.41) is 12.0. The van der Waals surface area contributed by atoms with Gasteiger partial charge in [-0.3, -0.25) is 0 Å². The van der Waals surface area contributed by atoms with Crippen LogP contribution in [0.5, 0.6) is 0 Å². The zero-order valence-corrected chi connectivity index (χ0v) is 13.9. The molecule has 110 valence electrons. The molecule has 0 aromatic heterocycles. The van der Waals surface area contributed by atoms with Crippen LogP contribution in [0.1, 0.15) is 12.8 Å². The van der Waals surface area contributed by atoms with Gasteiger partial charge in [-0.2, -0.15) is 0 Å². The van der Waals surface area contributed by atoms with Crippen LogP contribution in [0.25, 0.3) is 10.8 Å². The van der Waals surface area contributed by atoms with E-state index in [0.29, 0.717) is 18.3 Å². The van der Waals surface area contributed by atoms with Crippen LogP contribution in [0.2, 0.25) is 0 Å². The maximum Gasteiger partial charge on any atom is 0.407 e. The average Bonchev–Trinajstić information content (AvgIpc) is 2.51. The predicted octanol–water partition coefficient (Wildman–Crippen LogP) is 4.84. The molecule has 0 saturated carbocycles. The summed E-state index contributed by atoms with van der Waals surface area (Å²) in [6, 6.07) is 12.6. The molecule has 0 spiro atoms. The minimum absolute atomic E-state index is 0.491. The van der Waals surface area contributed by atoms with Gasteiger partial charge in [0.2, 0.25) is 0 Å². The van der Waals surface area contributed by atoms with Gasteiger partial charge in [-0.05, 0) is 35.7 Å². The molecule has 3 rings (SSSR count). The Morgan fingerprint density at radius 3 is 2.48 bits per heavy atom. The van der Waals surface area contributed by atoms with Crippen LogP contribution >= 0.6 is 27.7 Å². The quantitative estimate of drug-likeness (QED) is 0.827. The Balaban J connectivity index is 1.77. The van der Waals surface area contributed by atoms with Crippen molar-refractivity contribution in [3.05, 3.63) is 40.9 Å². The number of piperidine rings is 1. The first-order valence-corrected chi connectivity index (χ1v) is 8.64. The number of thioether (sulfide) groups is 1. The first-order valence-electron chi connectivity index (χ1n) is 6.97. The van der Waals surface area contributed by atoms with Gasteiger partial charge in [-0.25, -0.2) is 4.79 Å². The minimum Gasteiger partial charge on any atom is -0.465 e. The number of halogens is 1. The van der Waals surface area contributed by atoms with E-state index >= 15 is 0 Å². The summed E-state index contributed by atoms with van der Waals surface area (Å²) < 4.78 is 1.11. The third kappa shape index (κ3) is 3.19. The summed E-state index contributed by atoms with van der Waals surface area (Å²) in [5.74, 6) is 0. The number of carboxylic acid groups (broad SMARTS) is 1. The minimum atomic E-state index is -0.799. The number of carbonyl (C=O) groups is 1. The molecular formula is C16H16BrNO2S. The van der Waals surface area contributed by atoms with Crippen molar-refractivity contribution >= 4 is 44.6 Å². The van der Waals surface area contributed by atoms with Crippen molar-refractivity contribution in [2.75, 3.05) is 13.1 Å². The summed E-state index contributed by atoms with van der Waals surface area (Å²) in [7, 11) is 0. The molecule has 2 aromatic carbocycles. The monoisotopic (exact) mass is 365 g/mol. The van der Waals surface area contributed by atoms with Gasteiger partial charge in [0.25, 0.3) is 0 Å². The van der Waals surface area contributed by atoms with Crippen molar-refractivity contribution in [1.29, 1.82) is 0 Å². The van der Waals surface area contributed by atoms with E-state index in [4.69, 9.17) is 5.11 Å². The van der Waals surface area contributed by atoms with E-state index in [1.165, 1.54) is 20.6 Å². The zero-order valence-electron chi connectivity index (χ0n) is 11.5. The van der Waals surface area contributed by atoms with Crippen LogP contribution in [0.3, 0.4) is 0 Å². The molecular weight excluding hydrogens is 350 g/mol. The Labute approximate surface area is 136 Å². The molecule has 0 atom stereocenters. The van der Waals surface area contributed by atoms with E-state index < -0.39 is 6.09 Å². The summed E-state index contributed by atoms with van der Waals surface area (Å²) in [6.45, 7) is 1.28. The first-order chi connectivity index (χ1) is 10.1. The standard InChI is InChI=1S/C16H16BrNO2S/c17-14-5-6-15(13-4-2-1-3-12(13)14)21-11-7-9-18(10-8-11)16(19)20/h1-6,11H,7-10H2,(H,19,20). The second kappa shape index (κ2) is 6.28. The maximum atomic E-state index is 10.9. The van der Waals surface area contributed by atoms with Crippen molar-refractivity contribution in [2.45, 2.75) is 23.0 Å². The third-order valence-corrected chi connectivity index (χ3v) is 5.94. The Bertz CT molecular complexity index is 668. The number of nitrogens with zero attached hydrogens (tertiary/aromatic N) is 1. The molecule has 2 aromatic rings. The molecule has 1 saturated heterocycles. The van der Waals surface area contributed by atoms with Gasteiger partial charge in [0.1, 0.15) is 0 Å². The zero-order chi connectivity index (χ0) is 14.8. The fourth-order valence-corrected chi connectivity index (χ4v) is 4.42. The Hall–Kier alpha value is -1.20. The van der Waals surface area contributed by atoms with Crippen molar-refractivity contribution in [1.82, 2.24) is 4.90 Å². The van der Waals surface area contributed by atoms with Gasteiger partial charge < -0.3 is 10.0 Å². The molecule has 1 fully saturated rings. The summed E-state index contributed by atoms with van der Waals surface area (Å²) in [4.78, 5) is 13.7. The number of hydrogen-bond donors (Lipinski definition) is 1. The highest BCUT2D eigenvalue weighted by Gasteiger charge is 2.23. The van der Waals surface area contributed by atoms with Crippen LogP contribution in [0.4, 0.5) is 4.79 Å². The predicted molar refractivity (Wildman–Crippen MR) is 90.1 cm³/mol. The number of likely N-dealkylation sites (tertiary alicyclic amines) is 1. The molecule has 1 amide bonds. The van der Waals surface area contributed by atoms with E-state index in [-0.39, 0.29) is 0 Å². The molecule has 5 heteroatoms. The normalized spacial score (nSPS) is 16.3.